The molecule has 1 amide bonds. The monoisotopic (exact) mass is 544 g/mol. The molecule has 0 radical (unpaired) electrons. The summed E-state index contributed by atoms with van der Waals surface area (Å²) < 4.78 is 12.6. The van der Waals surface area contributed by atoms with Gasteiger partial charge in [0.1, 0.15) is 16.8 Å². The zero-order valence-electron chi connectivity index (χ0n) is 23.4. The highest BCUT2D eigenvalue weighted by Gasteiger charge is 2.79. The maximum absolute atomic E-state index is 14.4. The summed E-state index contributed by atoms with van der Waals surface area (Å²) in [6.45, 7) is 7.82. The summed E-state index contributed by atoms with van der Waals surface area (Å²) in [6, 6.07) is 7.74. The van der Waals surface area contributed by atoms with Gasteiger partial charge in [-0.2, -0.15) is 0 Å². The molecule has 210 valence electrons. The third-order valence-corrected chi connectivity index (χ3v) is 10.8. The van der Waals surface area contributed by atoms with E-state index in [0.29, 0.717) is 18.4 Å². The van der Waals surface area contributed by atoms with Crippen LogP contribution < -0.4 is 10.6 Å². The molecule has 1 aromatic carbocycles. The summed E-state index contributed by atoms with van der Waals surface area (Å²) >= 11 is 0. The smallest absolute Gasteiger partial charge is 0.235 e. The number of ketones is 3. The molecule has 3 saturated heterocycles. The normalized spacial score (nSPS) is 47.4. The summed E-state index contributed by atoms with van der Waals surface area (Å²) in [5.74, 6) is -2.59. The molecule has 6 aliphatic rings. The van der Waals surface area contributed by atoms with Crippen LogP contribution in [0.1, 0.15) is 58.9 Å². The number of benzene rings is 1. The maximum Gasteiger partial charge on any atom is 0.235 e. The zero-order chi connectivity index (χ0) is 28.2. The number of allylic oxidation sites excluding steroid dienone is 3. The van der Waals surface area contributed by atoms with E-state index in [1.165, 1.54) is 0 Å². The van der Waals surface area contributed by atoms with Gasteiger partial charge in [-0.1, -0.05) is 50.3 Å². The summed E-state index contributed by atoms with van der Waals surface area (Å²) in [5, 5.41) is 6.68. The molecule has 8 heteroatoms. The molecule has 1 spiro atoms. The Balaban J connectivity index is 1.30. The van der Waals surface area contributed by atoms with Crippen LogP contribution in [0.3, 0.4) is 0 Å². The van der Waals surface area contributed by atoms with Crippen molar-refractivity contribution in [1.82, 2.24) is 5.32 Å². The molecule has 0 bridgehead atoms. The predicted octanol–water partition coefficient (Wildman–Crippen LogP) is 3.61. The van der Waals surface area contributed by atoms with Crippen molar-refractivity contribution in [3.05, 3.63) is 53.6 Å². The summed E-state index contributed by atoms with van der Waals surface area (Å²) in [5.41, 5.74) is 0.122. The van der Waals surface area contributed by atoms with E-state index in [2.05, 4.69) is 30.5 Å². The van der Waals surface area contributed by atoms with Crippen LogP contribution in [0.4, 0.5) is 5.69 Å². The Hall–Kier alpha value is -3.10. The molecule has 4 heterocycles. The highest BCUT2D eigenvalue weighted by Crippen LogP contribution is 2.68. The number of nitrogens with one attached hydrogen (secondary N) is 2. The first-order chi connectivity index (χ1) is 19.0. The number of para-hydroxylation sites is 1. The summed E-state index contributed by atoms with van der Waals surface area (Å²) in [6.07, 6.45) is 6.21. The number of rotatable bonds is 2. The van der Waals surface area contributed by atoms with Crippen LogP contribution in [0.5, 0.6) is 0 Å². The number of fused-ring (bicyclic) bond motifs is 5. The van der Waals surface area contributed by atoms with Crippen molar-refractivity contribution in [3.63, 3.8) is 0 Å². The highest BCUT2D eigenvalue weighted by molar-refractivity contribution is 6.43. The molecular weight excluding hydrogens is 508 g/mol. The van der Waals surface area contributed by atoms with Crippen molar-refractivity contribution >= 4 is 28.9 Å². The number of carbonyl (C=O) groups excluding carboxylic acids is 4. The van der Waals surface area contributed by atoms with Crippen LogP contribution in [0.15, 0.2) is 48.1 Å². The average Bonchev–Trinajstić information content (AvgIpc) is 3.75. The van der Waals surface area contributed by atoms with Crippen LogP contribution in [0.2, 0.25) is 0 Å². The van der Waals surface area contributed by atoms with Gasteiger partial charge in [-0.15, -0.1) is 0 Å². The molecule has 0 aromatic heterocycles. The first kappa shape index (κ1) is 25.8. The first-order valence-corrected chi connectivity index (χ1v) is 14.5. The van der Waals surface area contributed by atoms with E-state index in [1.54, 1.807) is 6.92 Å². The number of anilines is 1. The minimum Gasteiger partial charge on any atom is -0.365 e. The second-order valence-electron chi connectivity index (χ2n) is 13.0. The van der Waals surface area contributed by atoms with Gasteiger partial charge in [-0.3, -0.25) is 19.2 Å². The molecule has 1 aromatic rings. The Bertz CT molecular complexity index is 1420. The van der Waals surface area contributed by atoms with Gasteiger partial charge in [0.05, 0.1) is 11.7 Å². The lowest BCUT2D eigenvalue weighted by Crippen LogP contribution is -2.58. The Labute approximate surface area is 233 Å². The lowest BCUT2D eigenvalue weighted by molar-refractivity contribution is -0.149. The van der Waals surface area contributed by atoms with Crippen molar-refractivity contribution in [3.8, 4) is 0 Å². The summed E-state index contributed by atoms with van der Waals surface area (Å²) in [4.78, 5) is 54.2. The molecule has 10 atom stereocenters. The van der Waals surface area contributed by atoms with Gasteiger partial charge >= 0.3 is 0 Å². The Morgan fingerprint density at radius 1 is 1.02 bits per heavy atom. The standard InChI is InChI=1S/C32H36N2O6/c1-16-8-7-10-20-27-30(4,39-27)18(3)25-22(15-31-19-9-5-6-11-21(19)34-29(31)40-31)33-28(38)32(20,25)24(36)13-12-23(35)26(37)17(2)14-16/h5-7,9-11,14,16,18,20,22,25,27,29,34H,8,12-13,15H2,1-4H3,(H,33,38)/b10-7-,17-14-/t16-,18-,20-,22-,25-,27-,29+,30+,31+,32+/m0/s1. The van der Waals surface area contributed by atoms with Crippen molar-refractivity contribution in [1.29, 1.82) is 0 Å². The number of epoxide rings is 2. The summed E-state index contributed by atoms with van der Waals surface area (Å²) in [7, 11) is 0. The highest BCUT2D eigenvalue weighted by atomic mass is 16.6. The van der Waals surface area contributed by atoms with Gasteiger partial charge in [-0.25, -0.2) is 0 Å². The second-order valence-corrected chi connectivity index (χ2v) is 13.0. The van der Waals surface area contributed by atoms with Gasteiger partial charge in [0.2, 0.25) is 17.5 Å². The van der Waals surface area contributed by atoms with E-state index in [4.69, 9.17) is 9.47 Å². The fraction of sp³-hybridized carbons (Fsp3) is 0.562. The van der Waals surface area contributed by atoms with Gasteiger partial charge in [0.25, 0.3) is 0 Å². The number of amides is 1. The third kappa shape index (κ3) is 3.32. The molecule has 4 aliphatic heterocycles. The van der Waals surface area contributed by atoms with E-state index in [0.717, 1.165) is 11.3 Å². The molecule has 0 unspecified atom stereocenters. The topological polar surface area (TPSA) is 117 Å². The molecule has 2 N–H and O–H groups in total. The van der Waals surface area contributed by atoms with E-state index in [1.807, 2.05) is 43.4 Å². The number of hydrogen-bond acceptors (Lipinski definition) is 7. The molecule has 4 fully saturated rings. The molecule has 8 nitrogen and oxygen atoms in total. The average molecular weight is 545 g/mol. The van der Waals surface area contributed by atoms with Gasteiger partial charge in [0, 0.05) is 48.4 Å². The van der Waals surface area contributed by atoms with Crippen molar-refractivity contribution in [2.75, 3.05) is 5.32 Å². The number of Topliss-reactive ketones (excluding diaryl/α,β-unsaturated/α-hetero) is 3. The molecule has 1 saturated carbocycles. The Kier molecular flexibility index (Phi) is 5.46. The largest absolute Gasteiger partial charge is 0.365 e. The van der Waals surface area contributed by atoms with Crippen molar-refractivity contribution < 1.29 is 28.7 Å². The van der Waals surface area contributed by atoms with Gasteiger partial charge in [0.15, 0.2) is 6.23 Å². The number of ether oxygens (including phenoxy) is 2. The number of hydrogen-bond donors (Lipinski definition) is 2. The number of carbonyl (C=O) groups is 4. The minimum absolute atomic E-state index is 0.0216. The van der Waals surface area contributed by atoms with Crippen LogP contribution in [0.25, 0.3) is 0 Å². The second kappa shape index (κ2) is 8.46. The van der Waals surface area contributed by atoms with Crippen molar-refractivity contribution in [2.45, 2.75) is 83.0 Å². The van der Waals surface area contributed by atoms with Gasteiger partial charge in [-0.05, 0) is 43.7 Å². The molecular formula is C32H36N2O6. The fourth-order valence-electron chi connectivity index (χ4n) is 8.54. The molecule has 40 heavy (non-hydrogen) atoms. The molecule has 2 aliphatic carbocycles. The minimum atomic E-state index is -1.38. The lowest BCUT2D eigenvalue weighted by atomic mass is 9.51. The predicted molar refractivity (Wildman–Crippen MR) is 146 cm³/mol. The lowest BCUT2D eigenvalue weighted by Gasteiger charge is -2.46. The van der Waals surface area contributed by atoms with Crippen LogP contribution in [-0.4, -0.2) is 47.2 Å². The Morgan fingerprint density at radius 2 is 1.80 bits per heavy atom. The third-order valence-electron chi connectivity index (χ3n) is 10.8. The quantitative estimate of drug-likeness (QED) is 0.253. The van der Waals surface area contributed by atoms with E-state index < -0.39 is 34.1 Å². The van der Waals surface area contributed by atoms with Crippen molar-refractivity contribution in [2.24, 2.45) is 29.1 Å². The maximum atomic E-state index is 14.4. The van der Waals surface area contributed by atoms with E-state index in [9.17, 15) is 19.2 Å². The zero-order valence-corrected chi connectivity index (χ0v) is 23.4. The van der Waals surface area contributed by atoms with E-state index in [-0.39, 0.29) is 60.7 Å². The van der Waals surface area contributed by atoms with Crippen LogP contribution in [-0.2, 0) is 34.3 Å². The fourth-order valence-corrected chi connectivity index (χ4v) is 8.54. The Morgan fingerprint density at radius 3 is 2.60 bits per heavy atom. The van der Waals surface area contributed by atoms with Gasteiger partial charge < -0.3 is 20.1 Å². The molecule has 7 rings (SSSR count). The van der Waals surface area contributed by atoms with Crippen LogP contribution in [0, 0.1) is 29.1 Å². The SMILES string of the molecule is C/C1=C/[C@@H](C)C/C=C\[C@H]2[C@@H]3O[C@]3(C)[C@@H](C)[C@H]3[C@H](C[C@]45O[C@H]4Nc4ccccc45)NC(=O)[C@]32C(=O)CCC(=O)C1=O. The first-order valence-electron chi connectivity index (χ1n) is 14.5. The van der Waals surface area contributed by atoms with Crippen LogP contribution >= 0.6 is 0 Å². The van der Waals surface area contributed by atoms with E-state index >= 15 is 0 Å².